The number of H-pyrrole nitrogens is 1. The Morgan fingerprint density at radius 2 is 1.75 bits per heavy atom. The van der Waals surface area contributed by atoms with Crippen LogP contribution in [0.4, 0.5) is 32.0 Å². The van der Waals surface area contributed by atoms with Crippen molar-refractivity contribution in [3.8, 4) is 0 Å². The van der Waals surface area contributed by atoms with Crippen LogP contribution in [0, 0.1) is 11.6 Å². The van der Waals surface area contributed by atoms with Crippen LogP contribution in [0.5, 0.6) is 0 Å². The predicted octanol–water partition coefficient (Wildman–Crippen LogP) is 5.80. The molecule has 1 saturated heterocycles. The van der Waals surface area contributed by atoms with Gasteiger partial charge in [-0.05, 0) is 31.5 Å². The van der Waals surface area contributed by atoms with E-state index in [9.17, 15) is 17.6 Å². The van der Waals surface area contributed by atoms with Crippen molar-refractivity contribution in [2.75, 3.05) is 38.2 Å². The molecule has 2 aliphatic rings. The van der Waals surface area contributed by atoms with E-state index in [1.54, 1.807) is 31.2 Å². The van der Waals surface area contributed by atoms with E-state index in [-0.39, 0.29) is 17.3 Å². The summed E-state index contributed by atoms with van der Waals surface area (Å²) in [6.45, 7) is 1.85. The lowest BCUT2D eigenvalue weighted by atomic mass is 9.86. The van der Waals surface area contributed by atoms with Gasteiger partial charge in [0.1, 0.15) is 11.6 Å². The van der Waals surface area contributed by atoms with Crippen LogP contribution in [-0.4, -0.2) is 65.9 Å². The highest BCUT2D eigenvalue weighted by atomic mass is 19.4. The average molecular weight is 511 g/mol. The van der Waals surface area contributed by atoms with Crippen LogP contribution in [0.3, 0.4) is 0 Å². The maximum absolute atomic E-state index is 15.6. The van der Waals surface area contributed by atoms with Crippen LogP contribution in [0.2, 0.25) is 0 Å². The topological polar surface area (TPSA) is 34.3 Å². The monoisotopic (exact) mass is 510 g/mol. The zero-order valence-corrected chi connectivity index (χ0v) is 19.8. The number of aromatic nitrogens is 1. The van der Waals surface area contributed by atoms with Crippen LogP contribution in [0.25, 0.3) is 10.9 Å². The fraction of sp³-hybridized carbons (Fsp3) is 0.462. The fourth-order valence-electron chi connectivity index (χ4n) is 5.58. The highest BCUT2D eigenvalue weighted by Crippen LogP contribution is 2.45. The number of hydrogen-bond acceptors (Lipinski definition) is 3. The standard InChI is InChI=1S/C26H28F6N4/c1-15-9-22-23(18-5-2-3-6-21(18)34-22)25(36(15)14-26(30,31)32)24-19(28)10-16(11-20(24)29)33-17-12-35(13-17)8-4-7-27/h2-3,5-6,10-11,15,17,25,33-34H,4,7-9,12-14H2,1H3/t15-,25+/m0/s1. The summed E-state index contributed by atoms with van der Waals surface area (Å²) in [5.41, 5.74) is 1.73. The Hall–Kier alpha value is -2.72. The van der Waals surface area contributed by atoms with Crippen molar-refractivity contribution in [1.29, 1.82) is 0 Å². The maximum atomic E-state index is 15.6. The number of hydrogen-bond donors (Lipinski definition) is 2. The molecule has 2 aliphatic heterocycles. The predicted molar refractivity (Wildman–Crippen MR) is 127 cm³/mol. The SMILES string of the molecule is C[C@H]1Cc2[nH]c3ccccc3c2[C@H](c2c(F)cc(NC3CN(CCCF)C3)cc2F)N1CC(F)(F)F. The number of para-hydroxylation sites is 1. The molecule has 36 heavy (non-hydrogen) atoms. The summed E-state index contributed by atoms with van der Waals surface area (Å²) in [6, 6.07) is 7.56. The summed E-state index contributed by atoms with van der Waals surface area (Å²) < 4.78 is 84.4. The van der Waals surface area contributed by atoms with Gasteiger partial charge in [-0.15, -0.1) is 0 Å². The molecule has 4 nitrogen and oxygen atoms in total. The summed E-state index contributed by atoms with van der Waals surface area (Å²) in [5, 5.41) is 3.74. The normalized spacial score (nSPS) is 21.5. The minimum Gasteiger partial charge on any atom is -0.380 e. The third-order valence-electron chi connectivity index (χ3n) is 7.15. The number of alkyl halides is 4. The van der Waals surface area contributed by atoms with Gasteiger partial charge in [-0.25, -0.2) is 8.78 Å². The van der Waals surface area contributed by atoms with Crippen LogP contribution in [-0.2, 0) is 6.42 Å². The Labute approximate surface area is 205 Å². The first kappa shape index (κ1) is 25.0. The van der Waals surface area contributed by atoms with Gasteiger partial charge in [-0.1, -0.05) is 18.2 Å². The molecule has 3 aromatic rings. The molecule has 10 heteroatoms. The van der Waals surface area contributed by atoms with Gasteiger partial charge in [0.05, 0.1) is 25.3 Å². The summed E-state index contributed by atoms with van der Waals surface area (Å²) in [5.74, 6) is -1.79. The van der Waals surface area contributed by atoms with E-state index in [1.807, 2.05) is 4.90 Å². The number of rotatable bonds is 7. The van der Waals surface area contributed by atoms with Gasteiger partial charge in [0, 0.05) is 65.5 Å². The van der Waals surface area contributed by atoms with Gasteiger partial charge < -0.3 is 10.3 Å². The van der Waals surface area contributed by atoms with Crippen LogP contribution < -0.4 is 5.32 Å². The molecule has 2 N–H and O–H groups in total. The van der Waals surface area contributed by atoms with Gasteiger partial charge >= 0.3 is 6.18 Å². The Bertz CT molecular complexity index is 1210. The van der Waals surface area contributed by atoms with Crippen LogP contribution in [0.1, 0.15) is 36.2 Å². The molecule has 2 aromatic carbocycles. The molecule has 0 radical (unpaired) electrons. The summed E-state index contributed by atoms with van der Waals surface area (Å²) in [6.07, 6.45) is -3.79. The van der Waals surface area contributed by atoms with Gasteiger partial charge in [0.2, 0.25) is 0 Å². The van der Waals surface area contributed by atoms with Crippen LogP contribution in [0.15, 0.2) is 36.4 Å². The molecule has 0 bridgehead atoms. The molecule has 1 aromatic heterocycles. The Kier molecular flexibility index (Phi) is 6.67. The van der Waals surface area contributed by atoms with Crippen molar-refractivity contribution >= 4 is 16.6 Å². The molecule has 194 valence electrons. The van der Waals surface area contributed by atoms with Crippen LogP contribution >= 0.6 is 0 Å². The van der Waals surface area contributed by atoms with E-state index < -0.39 is 43.1 Å². The molecular formula is C26H28F6N4. The highest BCUT2D eigenvalue weighted by Gasteiger charge is 2.44. The minimum atomic E-state index is -4.54. The van der Waals surface area contributed by atoms with E-state index in [2.05, 4.69) is 10.3 Å². The third-order valence-corrected chi connectivity index (χ3v) is 7.15. The zero-order valence-electron chi connectivity index (χ0n) is 19.8. The van der Waals surface area contributed by atoms with Crippen molar-refractivity contribution in [2.45, 2.75) is 44.1 Å². The lowest BCUT2D eigenvalue weighted by Crippen LogP contribution is -2.54. The van der Waals surface area contributed by atoms with Crippen molar-refractivity contribution in [1.82, 2.24) is 14.8 Å². The van der Waals surface area contributed by atoms with E-state index in [0.717, 1.165) is 22.5 Å². The Morgan fingerprint density at radius 3 is 2.42 bits per heavy atom. The average Bonchev–Trinajstić information content (AvgIpc) is 3.13. The molecule has 5 rings (SSSR count). The zero-order chi connectivity index (χ0) is 25.6. The van der Waals surface area contributed by atoms with E-state index in [1.165, 1.54) is 0 Å². The number of nitrogens with zero attached hydrogens (tertiary/aromatic N) is 2. The quantitative estimate of drug-likeness (QED) is 0.395. The molecule has 0 amide bonds. The lowest BCUT2D eigenvalue weighted by Gasteiger charge is -2.42. The Balaban J connectivity index is 1.51. The first-order valence-electron chi connectivity index (χ1n) is 12.1. The number of halogens is 6. The van der Waals surface area contributed by atoms with Gasteiger partial charge in [-0.2, -0.15) is 13.2 Å². The first-order chi connectivity index (χ1) is 17.1. The smallest absolute Gasteiger partial charge is 0.380 e. The third kappa shape index (κ3) is 4.80. The highest BCUT2D eigenvalue weighted by molar-refractivity contribution is 5.86. The van der Waals surface area contributed by atoms with E-state index >= 15 is 8.78 Å². The second-order valence-corrected chi connectivity index (χ2v) is 9.80. The maximum Gasteiger partial charge on any atom is 0.401 e. The molecule has 0 saturated carbocycles. The number of nitrogens with one attached hydrogen (secondary N) is 2. The van der Waals surface area contributed by atoms with Crippen molar-refractivity contribution in [3.63, 3.8) is 0 Å². The summed E-state index contributed by atoms with van der Waals surface area (Å²) in [7, 11) is 0. The summed E-state index contributed by atoms with van der Waals surface area (Å²) in [4.78, 5) is 6.43. The van der Waals surface area contributed by atoms with Gasteiger partial charge in [-0.3, -0.25) is 14.2 Å². The molecule has 1 fully saturated rings. The molecular weight excluding hydrogens is 482 g/mol. The molecule has 0 unspecified atom stereocenters. The number of likely N-dealkylation sites (tertiary alicyclic amines) is 1. The molecule has 0 aliphatic carbocycles. The first-order valence-corrected chi connectivity index (χ1v) is 12.1. The van der Waals surface area contributed by atoms with Crippen molar-refractivity contribution in [3.05, 3.63) is 64.9 Å². The minimum absolute atomic E-state index is 0.0362. The molecule has 0 spiro atoms. The lowest BCUT2D eigenvalue weighted by molar-refractivity contribution is -0.155. The van der Waals surface area contributed by atoms with E-state index in [4.69, 9.17) is 0 Å². The fourth-order valence-corrected chi connectivity index (χ4v) is 5.58. The second kappa shape index (κ2) is 9.63. The van der Waals surface area contributed by atoms with E-state index in [0.29, 0.717) is 49.1 Å². The number of fused-ring (bicyclic) bond motifs is 3. The van der Waals surface area contributed by atoms with Crippen molar-refractivity contribution in [2.24, 2.45) is 0 Å². The Morgan fingerprint density at radius 1 is 1.06 bits per heavy atom. The van der Waals surface area contributed by atoms with Gasteiger partial charge in [0.15, 0.2) is 0 Å². The number of benzene rings is 2. The van der Waals surface area contributed by atoms with Gasteiger partial charge in [0.25, 0.3) is 0 Å². The number of aromatic amines is 1. The number of anilines is 1. The van der Waals surface area contributed by atoms with Crippen molar-refractivity contribution < 1.29 is 26.3 Å². The summed E-state index contributed by atoms with van der Waals surface area (Å²) >= 11 is 0. The molecule has 3 heterocycles. The second-order valence-electron chi connectivity index (χ2n) is 9.80. The largest absolute Gasteiger partial charge is 0.401 e. The molecule has 2 atom stereocenters.